The summed E-state index contributed by atoms with van der Waals surface area (Å²) < 4.78 is 25.2. The zero-order valence-corrected chi connectivity index (χ0v) is 16.7. The van der Waals surface area contributed by atoms with Crippen molar-refractivity contribution in [3.05, 3.63) is 54.2 Å². The molecular formula is C18H23N3O3S2. The molecule has 2 rings (SSSR count). The summed E-state index contributed by atoms with van der Waals surface area (Å²) in [6, 6.07) is 13.1. The monoisotopic (exact) mass is 393 g/mol. The molecule has 0 fully saturated rings. The van der Waals surface area contributed by atoms with E-state index < -0.39 is 10.0 Å². The molecule has 2 aromatic rings. The number of hydrogen-bond acceptors (Lipinski definition) is 5. The highest BCUT2D eigenvalue weighted by atomic mass is 32.2. The Morgan fingerprint density at radius 2 is 1.88 bits per heavy atom. The molecule has 0 unspecified atom stereocenters. The van der Waals surface area contributed by atoms with Crippen LogP contribution in [0, 0.1) is 0 Å². The smallest absolute Gasteiger partial charge is 0.244 e. The minimum Gasteiger partial charge on any atom is -0.355 e. The van der Waals surface area contributed by atoms with Gasteiger partial charge in [-0.1, -0.05) is 42.1 Å². The van der Waals surface area contributed by atoms with Gasteiger partial charge in [-0.25, -0.2) is 17.7 Å². The Morgan fingerprint density at radius 1 is 1.19 bits per heavy atom. The van der Waals surface area contributed by atoms with E-state index in [1.807, 2.05) is 30.3 Å². The Morgan fingerprint density at radius 3 is 2.46 bits per heavy atom. The topological polar surface area (TPSA) is 79.4 Å². The highest BCUT2D eigenvalue weighted by molar-refractivity contribution is 8.00. The van der Waals surface area contributed by atoms with E-state index in [-0.39, 0.29) is 16.1 Å². The van der Waals surface area contributed by atoms with E-state index in [9.17, 15) is 13.2 Å². The molecule has 1 atom stereocenters. The van der Waals surface area contributed by atoms with Gasteiger partial charge in [-0.2, -0.15) is 0 Å². The number of rotatable bonds is 8. The van der Waals surface area contributed by atoms with Gasteiger partial charge in [-0.05, 0) is 31.0 Å². The Bertz CT molecular complexity index is 823. The van der Waals surface area contributed by atoms with Crippen LogP contribution in [-0.2, 0) is 21.2 Å². The number of aromatic nitrogens is 1. The molecule has 1 N–H and O–H groups in total. The predicted molar refractivity (Wildman–Crippen MR) is 104 cm³/mol. The van der Waals surface area contributed by atoms with Crippen molar-refractivity contribution in [1.29, 1.82) is 0 Å². The first kappa shape index (κ1) is 20.4. The molecule has 0 spiro atoms. The van der Waals surface area contributed by atoms with Crippen molar-refractivity contribution < 1.29 is 13.2 Å². The SMILES string of the molecule is C[C@@H](Sc1ccc(S(=O)(=O)N(C)C)cn1)C(=O)NCCc1ccccc1. The Kier molecular flexibility index (Phi) is 7.19. The summed E-state index contributed by atoms with van der Waals surface area (Å²) >= 11 is 1.29. The molecule has 0 saturated heterocycles. The number of benzene rings is 1. The fourth-order valence-corrected chi connectivity index (χ4v) is 3.81. The molecular weight excluding hydrogens is 370 g/mol. The number of nitrogens with zero attached hydrogens (tertiary/aromatic N) is 2. The van der Waals surface area contributed by atoms with Gasteiger partial charge in [0.1, 0.15) is 4.90 Å². The summed E-state index contributed by atoms with van der Waals surface area (Å²) in [4.78, 5) is 16.5. The number of carbonyl (C=O) groups is 1. The number of sulfonamides is 1. The second kappa shape index (κ2) is 9.16. The zero-order valence-electron chi connectivity index (χ0n) is 15.0. The van der Waals surface area contributed by atoms with Crippen LogP contribution in [0.1, 0.15) is 12.5 Å². The quantitative estimate of drug-likeness (QED) is 0.696. The Labute approximate surface area is 159 Å². The van der Waals surface area contributed by atoms with Gasteiger partial charge in [-0.15, -0.1) is 0 Å². The van der Waals surface area contributed by atoms with Crippen LogP contribution in [0.4, 0.5) is 0 Å². The molecule has 0 aliphatic rings. The van der Waals surface area contributed by atoms with E-state index >= 15 is 0 Å². The molecule has 0 aliphatic heterocycles. The summed E-state index contributed by atoms with van der Waals surface area (Å²) in [7, 11) is -0.550. The molecule has 0 bridgehead atoms. The summed E-state index contributed by atoms with van der Waals surface area (Å²) in [6.07, 6.45) is 2.09. The third-order valence-electron chi connectivity index (χ3n) is 3.71. The fourth-order valence-electron chi connectivity index (χ4n) is 2.15. The molecule has 6 nitrogen and oxygen atoms in total. The van der Waals surface area contributed by atoms with E-state index in [1.165, 1.54) is 43.7 Å². The van der Waals surface area contributed by atoms with Gasteiger partial charge in [0.05, 0.1) is 10.3 Å². The van der Waals surface area contributed by atoms with Crippen molar-refractivity contribution in [3.8, 4) is 0 Å². The van der Waals surface area contributed by atoms with Crippen molar-refractivity contribution in [1.82, 2.24) is 14.6 Å². The summed E-state index contributed by atoms with van der Waals surface area (Å²) in [5.74, 6) is -0.0716. The van der Waals surface area contributed by atoms with Crippen LogP contribution >= 0.6 is 11.8 Å². The van der Waals surface area contributed by atoms with Gasteiger partial charge in [0, 0.05) is 26.8 Å². The van der Waals surface area contributed by atoms with Crippen LogP contribution in [0.15, 0.2) is 58.6 Å². The number of pyridine rings is 1. The molecule has 140 valence electrons. The molecule has 8 heteroatoms. The van der Waals surface area contributed by atoms with Gasteiger partial charge in [0.25, 0.3) is 0 Å². The molecule has 0 radical (unpaired) electrons. The molecule has 1 amide bonds. The molecule has 1 aromatic heterocycles. The number of nitrogens with one attached hydrogen (secondary N) is 1. The first-order valence-corrected chi connectivity index (χ1v) is 10.5. The highest BCUT2D eigenvalue weighted by Gasteiger charge is 2.19. The van der Waals surface area contributed by atoms with Crippen molar-refractivity contribution in [2.24, 2.45) is 0 Å². The summed E-state index contributed by atoms with van der Waals surface area (Å²) in [6.45, 7) is 2.37. The standard InChI is InChI=1S/C18H23N3O3S2/c1-14(18(22)19-12-11-15-7-5-4-6-8-15)25-17-10-9-16(13-20-17)26(23,24)21(2)3/h4-10,13-14H,11-12H2,1-3H3,(H,19,22)/t14-/m1/s1. The lowest BCUT2D eigenvalue weighted by atomic mass is 10.1. The summed E-state index contributed by atoms with van der Waals surface area (Å²) in [5.41, 5.74) is 1.17. The maximum atomic E-state index is 12.2. The highest BCUT2D eigenvalue weighted by Crippen LogP contribution is 2.22. The molecule has 0 saturated carbocycles. The zero-order chi connectivity index (χ0) is 19.2. The van der Waals surface area contributed by atoms with E-state index in [2.05, 4.69) is 10.3 Å². The molecule has 0 aliphatic carbocycles. The van der Waals surface area contributed by atoms with Crippen molar-refractivity contribution >= 4 is 27.7 Å². The average Bonchev–Trinajstić information content (AvgIpc) is 2.62. The maximum absolute atomic E-state index is 12.2. The normalized spacial score (nSPS) is 12.8. The number of hydrogen-bond donors (Lipinski definition) is 1. The van der Waals surface area contributed by atoms with Gasteiger partial charge < -0.3 is 5.32 Å². The maximum Gasteiger partial charge on any atom is 0.244 e. The Balaban J connectivity index is 1.86. The van der Waals surface area contributed by atoms with Crippen LogP contribution in [0.5, 0.6) is 0 Å². The van der Waals surface area contributed by atoms with Crippen LogP contribution in [0.3, 0.4) is 0 Å². The minimum absolute atomic E-state index is 0.0716. The lowest BCUT2D eigenvalue weighted by Crippen LogP contribution is -2.32. The van der Waals surface area contributed by atoms with Gasteiger partial charge in [-0.3, -0.25) is 4.79 Å². The van der Waals surface area contributed by atoms with Crippen molar-refractivity contribution in [2.45, 2.75) is 28.5 Å². The van der Waals surface area contributed by atoms with Crippen molar-refractivity contribution in [2.75, 3.05) is 20.6 Å². The predicted octanol–water partition coefficient (Wildman–Crippen LogP) is 2.17. The lowest BCUT2D eigenvalue weighted by molar-refractivity contribution is -0.120. The van der Waals surface area contributed by atoms with E-state index in [4.69, 9.17) is 0 Å². The fraction of sp³-hybridized carbons (Fsp3) is 0.333. The largest absolute Gasteiger partial charge is 0.355 e. The number of carbonyl (C=O) groups excluding carboxylic acids is 1. The van der Waals surface area contributed by atoms with Crippen molar-refractivity contribution in [3.63, 3.8) is 0 Å². The Hall–Kier alpha value is -1.90. The third-order valence-corrected chi connectivity index (χ3v) is 6.56. The first-order chi connectivity index (χ1) is 12.3. The van der Waals surface area contributed by atoms with E-state index in [1.54, 1.807) is 13.0 Å². The van der Waals surface area contributed by atoms with Crippen LogP contribution < -0.4 is 5.32 Å². The number of amides is 1. The third kappa shape index (κ3) is 5.55. The molecule has 1 heterocycles. The van der Waals surface area contributed by atoms with Gasteiger partial charge in [0.2, 0.25) is 15.9 Å². The number of thioether (sulfide) groups is 1. The van der Waals surface area contributed by atoms with Gasteiger partial charge in [0.15, 0.2) is 0 Å². The molecule has 1 aromatic carbocycles. The molecule has 26 heavy (non-hydrogen) atoms. The van der Waals surface area contributed by atoms with E-state index in [0.29, 0.717) is 11.6 Å². The van der Waals surface area contributed by atoms with Gasteiger partial charge >= 0.3 is 0 Å². The first-order valence-electron chi connectivity index (χ1n) is 8.17. The second-order valence-corrected chi connectivity index (χ2v) is 9.42. The minimum atomic E-state index is -3.49. The summed E-state index contributed by atoms with van der Waals surface area (Å²) in [5, 5.41) is 3.19. The lowest BCUT2D eigenvalue weighted by Gasteiger charge is -2.13. The van der Waals surface area contributed by atoms with Crippen LogP contribution in [-0.4, -0.2) is 49.5 Å². The van der Waals surface area contributed by atoms with Crippen LogP contribution in [0.25, 0.3) is 0 Å². The van der Waals surface area contributed by atoms with E-state index in [0.717, 1.165) is 10.7 Å². The second-order valence-electron chi connectivity index (χ2n) is 5.91. The van der Waals surface area contributed by atoms with Crippen LogP contribution in [0.2, 0.25) is 0 Å². The average molecular weight is 394 g/mol.